The molecule has 14 nitrogen and oxygen atoms in total. The van der Waals surface area contributed by atoms with Crippen LogP contribution in [0, 0.1) is 5.82 Å². The zero-order chi connectivity index (χ0) is 31.3. The predicted molar refractivity (Wildman–Crippen MR) is 151 cm³/mol. The summed E-state index contributed by atoms with van der Waals surface area (Å²) in [5.41, 5.74) is -0.300. The van der Waals surface area contributed by atoms with E-state index in [9.17, 15) is 48.2 Å². The molecule has 17 heteroatoms. The summed E-state index contributed by atoms with van der Waals surface area (Å²) in [5, 5.41) is 7.22. The molecule has 0 unspecified atom stereocenters. The number of nitrogens with zero attached hydrogens (tertiary/aromatic N) is 3. The maximum Gasteiger partial charge on any atom is 0.415 e. The molecule has 2 aliphatic rings. The standard InChI is InChI=1S/C26H28FN3O11P2/c27-20-12-18-21(30(16-3-4-16)14-19(24(18)31)25(32)33)13-22(20)28-7-9-29(10-8-28)26(34)41-17-5-1-15(2-6-17)11-23(42(35,36)37)43(38,39)40/h1-2,5-6,12-14,16,23H,3-4,7-11H2,(H,32,33)(H2,35,36,37)(H2,38,39,40). The van der Waals surface area contributed by atoms with Gasteiger partial charge in [-0.15, -0.1) is 0 Å². The Kier molecular flexibility index (Phi) is 8.25. The largest absolute Gasteiger partial charge is 0.477 e. The van der Waals surface area contributed by atoms with Crippen LogP contribution < -0.4 is 15.1 Å². The van der Waals surface area contributed by atoms with Gasteiger partial charge in [-0.05, 0) is 49.1 Å². The normalized spacial score (nSPS) is 16.1. The SMILES string of the molecule is O=C(O)c1cn(C2CC2)c2cc(N3CCN(C(=O)Oc4ccc(CC(P(=O)(O)O)P(=O)(O)O)cc4)CC3)c(F)cc2c1=O. The van der Waals surface area contributed by atoms with E-state index in [1.165, 1.54) is 41.4 Å². The number of benzene rings is 2. The quantitative estimate of drug-likeness (QED) is 0.226. The van der Waals surface area contributed by atoms with Crippen molar-refractivity contribution in [2.24, 2.45) is 0 Å². The number of fused-ring (bicyclic) bond motifs is 1. The summed E-state index contributed by atoms with van der Waals surface area (Å²) in [5.74, 6) is -1.97. The summed E-state index contributed by atoms with van der Waals surface area (Å²) >= 11 is 0. The number of pyridine rings is 1. The first-order valence-electron chi connectivity index (χ1n) is 13.2. The van der Waals surface area contributed by atoms with E-state index in [1.807, 2.05) is 0 Å². The Labute approximate surface area is 243 Å². The van der Waals surface area contributed by atoms with Crippen molar-refractivity contribution >= 4 is 43.8 Å². The number of carbonyl (C=O) groups excluding carboxylic acids is 1. The molecule has 1 aromatic heterocycles. The van der Waals surface area contributed by atoms with Crippen LogP contribution >= 0.6 is 15.2 Å². The molecule has 0 bridgehead atoms. The number of halogens is 1. The number of ether oxygens (including phenoxy) is 1. The van der Waals surface area contributed by atoms with Gasteiger partial charge in [-0.3, -0.25) is 13.9 Å². The summed E-state index contributed by atoms with van der Waals surface area (Å²) in [7, 11) is -10.2. The molecular weight excluding hydrogens is 611 g/mol. The molecule has 5 rings (SSSR count). The van der Waals surface area contributed by atoms with E-state index >= 15 is 4.39 Å². The second kappa shape index (κ2) is 11.5. The third kappa shape index (κ3) is 6.67. The van der Waals surface area contributed by atoms with Crippen molar-refractivity contribution in [2.75, 3.05) is 31.1 Å². The maximum absolute atomic E-state index is 15.2. The van der Waals surface area contributed by atoms with Gasteiger partial charge in [0, 0.05) is 43.8 Å². The molecule has 1 amide bonds. The zero-order valence-electron chi connectivity index (χ0n) is 22.4. The molecule has 5 N–H and O–H groups in total. The molecule has 2 fully saturated rings. The fourth-order valence-electron chi connectivity index (χ4n) is 5.04. The number of aromatic nitrogens is 1. The molecule has 0 spiro atoms. The second-order valence-corrected chi connectivity index (χ2v) is 14.5. The van der Waals surface area contributed by atoms with E-state index in [2.05, 4.69) is 0 Å². The van der Waals surface area contributed by atoms with Crippen LogP contribution in [0.5, 0.6) is 5.75 Å². The molecule has 230 valence electrons. The van der Waals surface area contributed by atoms with E-state index in [1.54, 1.807) is 9.47 Å². The lowest BCUT2D eigenvalue weighted by Crippen LogP contribution is -2.49. The van der Waals surface area contributed by atoms with Gasteiger partial charge in [0.2, 0.25) is 5.43 Å². The molecule has 3 aromatic rings. The summed E-state index contributed by atoms with van der Waals surface area (Å²) in [4.78, 5) is 77.4. The topological polar surface area (TPSA) is 207 Å². The molecule has 1 saturated carbocycles. The number of aromatic carboxylic acids is 1. The average Bonchev–Trinajstić information content (AvgIpc) is 3.77. The number of hydrogen-bond acceptors (Lipinski definition) is 7. The van der Waals surface area contributed by atoms with Crippen LogP contribution in [0.15, 0.2) is 47.4 Å². The third-order valence-corrected chi connectivity index (χ3v) is 11.2. The zero-order valence-corrected chi connectivity index (χ0v) is 24.2. The monoisotopic (exact) mass is 639 g/mol. The van der Waals surface area contributed by atoms with Crippen molar-refractivity contribution in [3.05, 3.63) is 69.8 Å². The van der Waals surface area contributed by atoms with Crippen LogP contribution in [0.3, 0.4) is 0 Å². The minimum absolute atomic E-state index is 0.0136. The van der Waals surface area contributed by atoms with Gasteiger partial charge in [-0.1, -0.05) is 12.1 Å². The molecule has 1 aliphatic carbocycles. The van der Waals surface area contributed by atoms with Crippen molar-refractivity contribution in [1.29, 1.82) is 0 Å². The average molecular weight is 639 g/mol. The summed E-state index contributed by atoms with van der Waals surface area (Å²) in [6, 6.07) is 7.96. The molecule has 43 heavy (non-hydrogen) atoms. The molecule has 1 aliphatic heterocycles. The van der Waals surface area contributed by atoms with Gasteiger partial charge in [0.25, 0.3) is 0 Å². The number of amides is 1. The number of rotatable bonds is 8. The Morgan fingerprint density at radius 2 is 1.58 bits per heavy atom. The smallest absolute Gasteiger partial charge is 0.415 e. The van der Waals surface area contributed by atoms with E-state index in [-0.39, 0.29) is 54.6 Å². The first kappa shape index (κ1) is 30.9. The minimum Gasteiger partial charge on any atom is -0.477 e. The van der Waals surface area contributed by atoms with Crippen molar-refractivity contribution in [1.82, 2.24) is 9.47 Å². The van der Waals surface area contributed by atoms with Crippen LogP contribution in [0.2, 0.25) is 0 Å². The highest BCUT2D eigenvalue weighted by molar-refractivity contribution is 7.70. The van der Waals surface area contributed by atoms with Gasteiger partial charge >= 0.3 is 27.3 Å². The Bertz CT molecular complexity index is 1720. The van der Waals surface area contributed by atoms with E-state index in [0.29, 0.717) is 5.52 Å². The van der Waals surface area contributed by atoms with Crippen molar-refractivity contribution in [2.45, 2.75) is 30.7 Å². The Morgan fingerprint density at radius 1 is 0.977 bits per heavy atom. The van der Waals surface area contributed by atoms with Gasteiger partial charge in [0.15, 0.2) is 5.40 Å². The molecule has 1 saturated heterocycles. The van der Waals surface area contributed by atoms with Crippen LogP contribution in [-0.2, 0) is 15.6 Å². The Balaban J connectivity index is 1.25. The minimum atomic E-state index is -5.09. The fraction of sp³-hybridized carbons (Fsp3) is 0.346. The first-order valence-corrected chi connectivity index (χ1v) is 16.5. The van der Waals surface area contributed by atoms with Gasteiger partial charge < -0.3 is 43.8 Å². The van der Waals surface area contributed by atoms with Crippen LogP contribution in [-0.4, -0.2) is 77.8 Å². The van der Waals surface area contributed by atoms with E-state index in [4.69, 9.17) is 4.74 Å². The summed E-state index contributed by atoms with van der Waals surface area (Å²) in [6.07, 6.45) is 1.65. The van der Waals surface area contributed by atoms with Crippen molar-refractivity contribution in [3.63, 3.8) is 0 Å². The molecule has 2 heterocycles. The molecule has 0 atom stereocenters. The highest BCUT2D eigenvalue weighted by Gasteiger charge is 2.43. The number of carbonyl (C=O) groups is 2. The second-order valence-electron chi connectivity index (χ2n) is 10.5. The highest BCUT2D eigenvalue weighted by Crippen LogP contribution is 2.60. The van der Waals surface area contributed by atoms with Crippen LogP contribution in [0.1, 0.15) is 34.8 Å². The number of hydrogen-bond donors (Lipinski definition) is 5. The molecule has 2 aromatic carbocycles. The molecular formula is C26H28FN3O11P2. The van der Waals surface area contributed by atoms with Crippen LogP contribution in [0.4, 0.5) is 14.9 Å². The predicted octanol–water partition coefficient (Wildman–Crippen LogP) is 2.72. The van der Waals surface area contributed by atoms with Gasteiger partial charge in [-0.2, -0.15) is 0 Å². The summed E-state index contributed by atoms with van der Waals surface area (Å²) in [6.45, 7) is 0.828. The highest BCUT2D eigenvalue weighted by atomic mass is 31.2. The third-order valence-electron chi connectivity index (χ3n) is 7.47. The van der Waals surface area contributed by atoms with E-state index in [0.717, 1.165) is 18.9 Å². The maximum atomic E-state index is 15.2. The van der Waals surface area contributed by atoms with E-state index < -0.39 is 55.9 Å². The first-order chi connectivity index (χ1) is 20.1. The van der Waals surface area contributed by atoms with Gasteiger partial charge in [0.1, 0.15) is 17.1 Å². The number of carboxylic acid groups (broad SMARTS) is 1. The molecule has 0 radical (unpaired) electrons. The van der Waals surface area contributed by atoms with Gasteiger partial charge in [-0.25, -0.2) is 14.0 Å². The van der Waals surface area contributed by atoms with Crippen LogP contribution in [0.25, 0.3) is 10.9 Å². The van der Waals surface area contributed by atoms with Crippen molar-refractivity contribution < 1.29 is 52.5 Å². The van der Waals surface area contributed by atoms with Gasteiger partial charge in [0.05, 0.1) is 11.2 Å². The Morgan fingerprint density at radius 3 is 2.12 bits per heavy atom. The van der Waals surface area contributed by atoms with Crippen molar-refractivity contribution in [3.8, 4) is 5.75 Å². The number of carboxylic acids is 1. The fourth-order valence-corrected chi connectivity index (χ4v) is 7.51. The Hall–Kier alpha value is -3.58. The lowest BCUT2D eigenvalue weighted by Gasteiger charge is -2.35. The lowest BCUT2D eigenvalue weighted by atomic mass is 10.1. The lowest BCUT2D eigenvalue weighted by molar-refractivity contribution is 0.0694. The number of piperazine rings is 1. The number of anilines is 1. The summed E-state index contributed by atoms with van der Waals surface area (Å²) < 4.78 is 45.3.